The van der Waals surface area contributed by atoms with Crippen LogP contribution >= 0.6 is 0 Å². The first kappa shape index (κ1) is 12.5. The number of aromatic nitrogens is 2. The predicted octanol–water partition coefficient (Wildman–Crippen LogP) is 4.36. The van der Waals surface area contributed by atoms with Crippen molar-refractivity contribution in [2.45, 2.75) is 32.2 Å². The van der Waals surface area contributed by atoms with Crippen LogP contribution in [0.15, 0.2) is 42.7 Å². The SMILES string of the molecule is Cc1ccncc1NC1CCCc2c1[nH]c1ccccc21. The molecule has 1 atom stereocenters. The van der Waals surface area contributed by atoms with Crippen molar-refractivity contribution in [1.82, 2.24) is 9.97 Å². The highest BCUT2D eigenvalue weighted by molar-refractivity contribution is 5.85. The van der Waals surface area contributed by atoms with Crippen molar-refractivity contribution in [2.24, 2.45) is 0 Å². The second-order valence-electron chi connectivity index (χ2n) is 5.84. The van der Waals surface area contributed by atoms with Gasteiger partial charge in [-0.1, -0.05) is 18.2 Å². The van der Waals surface area contributed by atoms with Gasteiger partial charge < -0.3 is 10.3 Å². The van der Waals surface area contributed by atoms with Crippen molar-refractivity contribution in [3.63, 3.8) is 0 Å². The quantitative estimate of drug-likeness (QED) is 0.730. The summed E-state index contributed by atoms with van der Waals surface area (Å²) in [5, 5.41) is 5.05. The average molecular weight is 277 g/mol. The number of nitrogens with zero attached hydrogens (tertiary/aromatic N) is 1. The second kappa shape index (κ2) is 4.92. The number of para-hydroxylation sites is 1. The van der Waals surface area contributed by atoms with Crippen molar-refractivity contribution in [2.75, 3.05) is 5.32 Å². The van der Waals surface area contributed by atoms with E-state index in [9.17, 15) is 0 Å². The molecule has 2 heterocycles. The van der Waals surface area contributed by atoms with Gasteiger partial charge >= 0.3 is 0 Å². The molecule has 0 radical (unpaired) electrons. The molecular weight excluding hydrogens is 258 g/mol. The van der Waals surface area contributed by atoms with E-state index in [0.29, 0.717) is 6.04 Å². The first-order valence-electron chi connectivity index (χ1n) is 7.59. The lowest BCUT2D eigenvalue weighted by Gasteiger charge is -2.25. The summed E-state index contributed by atoms with van der Waals surface area (Å²) in [7, 11) is 0. The number of aromatic amines is 1. The number of anilines is 1. The molecule has 1 aliphatic rings. The third-order valence-corrected chi connectivity index (χ3v) is 4.48. The molecule has 21 heavy (non-hydrogen) atoms. The van der Waals surface area contributed by atoms with Gasteiger partial charge in [-0.05, 0) is 49.4 Å². The van der Waals surface area contributed by atoms with E-state index in [0.717, 1.165) is 12.1 Å². The van der Waals surface area contributed by atoms with E-state index in [2.05, 4.69) is 52.5 Å². The van der Waals surface area contributed by atoms with Gasteiger partial charge in [-0.3, -0.25) is 4.98 Å². The number of rotatable bonds is 2. The molecule has 3 nitrogen and oxygen atoms in total. The van der Waals surface area contributed by atoms with Gasteiger partial charge in [0.1, 0.15) is 0 Å². The molecule has 106 valence electrons. The van der Waals surface area contributed by atoms with Gasteiger partial charge in [0.2, 0.25) is 0 Å². The summed E-state index contributed by atoms with van der Waals surface area (Å²) in [4.78, 5) is 7.86. The van der Waals surface area contributed by atoms with Crippen LogP contribution in [0.2, 0.25) is 0 Å². The summed E-state index contributed by atoms with van der Waals surface area (Å²) in [5.41, 5.74) is 6.46. The molecular formula is C18H19N3. The topological polar surface area (TPSA) is 40.7 Å². The molecule has 3 heteroatoms. The zero-order valence-corrected chi connectivity index (χ0v) is 12.2. The zero-order chi connectivity index (χ0) is 14.2. The smallest absolute Gasteiger partial charge is 0.0667 e. The van der Waals surface area contributed by atoms with Crippen molar-refractivity contribution in [3.8, 4) is 0 Å². The van der Waals surface area contributed by atoms with E-state index in [-0.39, 0.29) is 0 Å². The van der Waals surface area contributed by atoms with E-state index in [1.165, 1.54) is 40.6 Å². The van der Waals surface area contributed by atoms with Gasteiger partial charge in [0.25, 0.3) is 0 Å². The number of benzene rings is 1. The maximum atomic E-state index is 4.24. The Labute approximate surface area is 124 Å². The van der Waals surface area contributed by atoms with E-state index in [1.54, 1.807) is 0 Å². The highest BCUT2D eigenvalue weighted by Gasteiger charge is 2.24. The van der Waals surface area contributed by atoms with E-state index >= 15 is 0 Å². The van der Waals surface area contributed by atoms with Gasteiger partial charge in [-0.25, -0.2) is 0 Å². The molecule has 0 bridgehead atoms. The fourth-order valence-electron chi connectivity index (χ4n) is 3.36. The zero-order valence-electron chi connectivity index (χ0n) is 12.2. The summed E-state index contributed by atoms with van der Waals surface area (Å²) in [6.45, 7) is 2.12. The second-order valence-corrected chi connectivity index (χ2v) is 5.84. The third-order valence-electron chi connectivity index (χ3n) is 4.48. The Kier molecular flexibility index (Phi) is 2.92. The monoisotopic (exact) mass is 277 g/mol. The normalized spacial score (nSPS) is 17.7. The number of H-pyrrole nitrogens is 1. The minimum atomic E-state index is 0.351. The Morgan fingerprint density at radius 2 is 2.14 bits per heavy atom. The summed E-state index contributed by atoms with van der Waals surface area (Å²) in [6, 6.07) is 11.0. The Balaban J connectivity index is 1.75. The van der Waals surface area contributed by atoms with Crippen LogP contribution < -0.4 is 5.32 Å². The molecule has 2 aromatic heterocycles. The van der Waals surface area contributed by atoms with Crippen molar-refractivity contribution < 1.29 is 0 Å². The van der Waals surface area contributed by atoms with Crippen LogP contribution in [0.5, 0.6) is 0 Å². The van der Waals surface area contributed by atoms with E-state index in [1.807, 2.05) is 12.4 Å². The van der Waals surface area contributed by atoms with Crippen LogP contribution in [0.4, 0.5) is 5.69 Å². The molecule has 0 fully saturated rings. The molecule has 0 saturated carbocycles. The first-order chi connectivity index (χ1) is 10.3. The molecule has 2 N–H and O–H groups in total. The predicted molar refractivity (Wildman–Crippen MR) is 86.6 cm³/mol. The third kappa shape index (κ3) is 2.09. The number of aryl methyl sites for hydroxylation is 2. The number of nitrogens with one attached hydrogen (secondary N) is 2. The van der Waals surface area contributed by atoms with Crippen LogP contribution in [0.1, 0.15) is 35.7 Å². The number of fused-ring (bicyclic) bond motifs is 3. The molecule has 3 aromatic rings. The lowest BCUT2D eigenvalue weighted by molar-refractivity contribution is 0.592. The molecule has 1 aliphatic carbocycles. The lowest BCUT2D eigenvalue weighted by atomic mass is 9.91. The molecule has 0 amide bonds. The van der Waals surface area contributed by atoms with Crippen LogP contribution in [0, 0.1) is 6.92 Å². The summed E-state index contributed by atoms with van der Waals surface area (Å²) in [6.07, 6.45) is 7.32. The number of pyridine rings is 1. The minimum absolute atomic E-state index is 0.351. The van der Waals surface area contributed by atoms with Crippen molar-refractivity contribution >= 4 is 16.6 Å². The first-order valence-corrected chi connectivity index (χ1v) is 7.59. The van der Waals surface area contributed by atoms with Crippen LogP contribution in [-0.4, -0.2) is 9.97 Å². The van der Waals surface area contributed by atoms with E-state index in [4.69, 9.17) is 0 Å². The van der Waals surface area contributed by atoms with Crippen LogP contribution in [0.25, 0.3) is 10.9 Å². The molecule has 4 rings (SSSR count). The lowest BCUT2D eigenvalue weighted by Crippen LogP contribution is -2.17. The summed E-state index contributed by atoms with van der Waals surface area (Å²) in [5.74, 6) is 0. The van der Waals surface area contributed by atoms with Crippen LogP contribution in [-0.2, 0) is 6.42 Å². The number of hydrogen-bond acceptors (Lipinski definition) is 2. The summed E-state index contributed by atoms with van der Waals surface area (Å²) >= 11 is 0. The standard InChI is InChI=1S/C18H19N3/c1-12-9-10-19-11-17(12)20-16-8-4-6-14-13-5-2-3-7-15(13)21-18(14)16/h2-3,5,7,9-11,16,20-21H,4,6,8H2,1H3. The largest absolute Gasteiger partial charge is 0.375 e. The van der Waals surface area contributed by atoms with Gasteiger partial charge in [-0.15, -0.1) is 0 Å². The molecule has 0 spiro atoms. The average Bonchev–Trinajstić information content (AvgIpc) is 2.89. The molecule has 0 saturated heterocycles. The Hall–Kier alpha value is -2.29. The maximum absolute atomic E-state index is 4.24. The number of hydrogen-bond donors (Lipinski definition) is 2. The highest BCUT2D eigenvalue weighted by Crippen LogP contribution is 2.36. The Bertz CT molecular complexity index is 788. The Morgan fingerprint density at radius 1 is 1.24 bits per heavy atom. The molecule has 1 aromatic carbocycles. The van der Waals surface area contributed by atoms with Gasteiger partial charge in [0, 0.05) is 22.8 Å². The van der Waals surface area contributed by atoms with Crippen molar-refractivity contribution in [1.29, 1.82) is 0 Å². The fraction of sp³-hybridized carbons (Fsp3) is 0.278. The van der Waals surface area contributed by atoms with Gasteiger partial charge in [0.15, 0.2) is 0 Å². The van der Waals surface area contributed by atoms with Gasteiger partial charge in [-0.2, -0.15) is 0 Å². The van der Waals surface area contributed by atoms with Gasteiger partial charge in [0.05, 0.1) is 17.9 Å². The molecule has 1 unspecified atom stereocenters. The maximum Gasteiger partial charge on any atom is 0.0667 e. The van der Waals surface area contributed by atoms with E-state index < -0.39 is 0 Å². The van der Waals surface area contributed by atoms with Crippen LogP contribution in [0.3, 0.4) is 0 Å². The van der Waals surface area contributed by atoms with Crippen molar-refractivity contribution in [3.05, 3.63) is 59.5 Å². The highest BCUT2D eigenvalue weighted by atomic mass is 15.0. The summed E-state index contributed by atoms with van der Waals surface area (Å²) < 4.78 is 0. The Morgan fingerprint density at radius 3 is 3.05 bits per heavy atom. The minimum Gasteiger partial charge on any atom is -0.375 e. The molecule has 0 aliphatic heterocycles. The fourth-order valence-corrected chi connectivity index (χ4v) is 3.36.